The Balaban J connectivity index is 1.80. The van der Waals surface area contributed by atoms with Crippen LogP contribution < -0.4 is 0 Å². The van der Waals surface area contributed by atoms with Crippen LogP contribution in [0, 0.1) is 13.8 Å². The quantitative estimate of drug-likeness (QED) is 0.297. The van der Waals surface area contributed by atoms with E-state index < -0.39 is 0 Å². The molecule has 0 amide bonds. The highest BCUT2D eigenvalue weighted by atomic mass is 32.1. The van der Waals surface area contributed by atoms with Gasteiger partial charge in [-0.2, -0.15) is 0 Å². The summed E-state index contributed by atoms with van der Waals surface area (Å²) in [5, 5.41) is 2.73. The van der Waals surface area contributed by atoms with Gasteiger partial charge in [0, 0.05) is 20.2 Å². The molecule has 27 heavy (non-hydrogen) atoms. The molecule has 0 radical (unpaired) electrons. The molecular weight excluding hydrogens is 344 g/mol. The summed E-state index contributed by atoms with van der Waals surface area (Å²) in [7, 11) is 0. The first-order valence-electron chi connectivity index (χ1n) is 9.29. The van der Waals surface area contributed by atoms with E-state index in [0.717, 1.165) is 0 Å². The lowest BCUT2D eigenvalue weighted by Crippen LogP contribution is -1.89. The number of thiophene rings is 1. The van der Waals surface area contributed by atoms with Crippen molar-refractivity contribution < 1.29 is 0 Å². The van der Waals surface area contributed by atoms with Gasteiger partial charge in [0.25, 0.3) is 0 Å². The zero-order chi connectivity index (χ0) is 18.4. The van der Waals surface area contributed by atoms with Crippen molar-refractivity contribution in [2.75, 3.05) is 0 Å². The summed E-state index contributed by atoms with van der Waals surface area (Å²) in [5.41, 5.74) is 7.89. The molecule has 1 heterocycles. The third kappa shape index (κ3) is 2.67. The lowest BCUT2D eigenvalue weighted by Gasteiger charge is -2.14. The topological polar surface area (TPSA) is 0 Å². The van der Waals surface area contributed by atoms with Crippen molar-refractivity contribution in [2.24, 2.45) is 0 Å². The smallest absolute Gasteiger partial charge is 0.0361 e. The van der Waals surface area contributed by atoms with Crippen molar-refractivity contribution in [2.45, 2.75) is 13.8 Å². The fourth-order valence-corrected chi connectivity index (χ4v) is 5.18. The SMILES string of the molecule is Cc1cccc(-c2cccc(-c3cccc4sc5ccccc5c34)c2C)c1. The predicted molar refractivity (Wildman–Crippen MR) is 120 cm³/mol. The lowest BCUT2D eigenvalue weighted by atomic mass is 9.90. The Morgan fingerprint density at radius 1 is 0.593 bits per heavy atom. The van der Waals surface area contributed by atoms with Gasteiger partial charge in [0.2, 0.25) is 0 Å². The third-order valence-corrected chi connectivity index (χ3v) is 6.49. The average Bonchev–Trinajstić information content (AvgIpc) is 3.07. The van der Waals surface area contributed by atoms with Crippen LogP contribution in [-0.2, 0) is 0 Å². The number of rotatable bonds is 2. The van der Waals surface area contributed by atoms with Crippen LogP contribution in [0.5, 0.6) is 0 Å². The van der Waals surface area contributed by atoms with Gasteiger partial charge < -0.3 is 0 Å². The van der Waals surface area contributed by atoms with E-state index in [-0.39, 0.29) is 0 Å². The molecule has 5 aromatic rings. The van der Waals surface area contributed by atoms with Gasteiger partial charge in [0.05, 0.1) is 0 Å². The van der Waals surface area contributed by atoms with Gasteiger partial charge in [-0.05, 0) is 53.8 Å². The van der Waals surface area contributed by atoms with Gasteiger partial charge in [0.1, 0.15) is 0 Å². The highest BCUT2D eigenvalue weighted by Crippen LogP contribution is 2.42. The zero-order valence-electron chi connectivity index (χ0n) is 15.5. The minimum absolute atomic E-state index is 1.29. The molecule has 0 aliphatic carbocycles. The maximum absolute atomic E-state index is 2.27. The predicted octanol–water partition coefficient (Wildman–Crippen LogP) is 8.01. The van der Waals surface area contributed by atoms with Crippen LogP contribution in [0.3, 0.4) is 0 Å². The standard InChI is InChI=1S/C26H20S/c1-17-8-5-9-19(16-17)20-11-6-12-21(18(20)2)22-13-7-15-25-26(22)23-10-3-4-14-24(23)27-25/h3-16H,1-2H3. The van der Waals surface area contributed by atoms with Crippen LogP contribution in [0.25, 0.3) is 42.4 Å². The van der Waals surface area contributed by atoms with Crippen LogP contribution in [0.15, 0.2) is 84.9 Å². The van der Waals surface area contributed by atoms with E-state index in [2.05, 4.69) is 98.8 Å². The number of hydrogen-bond donors (Lipinski definition) is 0. The van der Waals surface area contributed by atoms with E-state index in [1.807, 2.05) is 11.3 Å². The van der Waals surface area contributed by atoms with Gasteiger partial charge in [0.15, 0.2) is 0 Å². The van der Waals surface area contributed by atoms with Crippen molar-refractivity contribution in [3.63, 3.8) is 0 Å². The molecule has 1 aromatic heterocycles. The van der Waals surface area contributed by atoms with Crippen LogP contribution in [0.4, 0.5) is 0 Å². The molecule has 0 N–H and O–H groups in total. The molecule has 0 atom stereocenters. The summed E-state index contributed by atoms with van der Waals surface area (Å²) >= 11 is 1.88. The van der Waals surface area contributed by atoms with Crippen molar-refractivity contribution in [3.05, 3.63) is 96.1 Å². The van der Waals surface area contributed by atoms with Crippen LogP contribution in [0.1, 0.15) is 11.1 Å². The second kappa shape index (κ2) is 6.37. The molecule has 0 aliphatic rings. The van der Waals surface area contributed by atoms with Crippen molar-refractivity contribution in [1.29, 1.82) is 0 Å². The molecule has 5 rings (SSSR count). The molecule has 0 aliphatic heterocycles. The summed E-state index contributed by atoms with van der Waals surface area (Å²) in [6.07, 6.45) is 0. The van der Waals surface area contributed by atoms with Gasteiger partial charge in [-0.1, -0.05) is 78.4 Å². The fraction of sp³-hybridized carbons (Fsp3) is 0.0769. The minimum atomic E-state index is 1.29. The Kier molecular flexibility index (Phi) is 3.84. The molecule has 0 saturated carbocycles. The van der Waals surface area contributed by atoms with E-state index in [1.165, 1.54) is 53.6 Å². The fourth-order valence-electron chi connectivity index (χ4n) is 4.05. The Labute approximate surface area is 163 Å². The van der Waals surface area contributed by atoms with Crippen molar-refractivity contribution >= 4 is 31.5 Å². The third-order valence-electron chi connectivity index (χ3n) is 5.36. The molecule has 1 heteroatoms. The lowest BCUT2D eigenvalue weighted by molar-refractivity contribution is 1.42. The van der Waals surface area contributed by atoms with E-state index >= 15 is 0 Å². The van der Waals surface area contributed by atoms with Gasteiger partial charge in [-0.3, -0.25) is 0 Å². The van der Waals surface area contributed by atoms with Crippen LogP contribution in [-0.4, -0.2) is 0 Å². The monoisotopic (exact) mass is 364 g/mol. The molecule has 0 bridgehead atoms. The summed E-state index contributed by atoms with van der Waals surface area (Å²) in [4.78, 5) is 0. The summed E-state index contributed by atoms with van der Waals surface area (Å²) < 4.78 is 2.71. The normalized spacial score (nSPS) is 11.3. The van der Waals surface area contributed by atoms with Crippen molar-refractivity contribution in [3.8, 4) is 22.3 Å². The molecular formula is C26H20S. The molecule has 0 fully saturated rings. The van der Waals surface area contributed by atoms with Crippen molar-refractivity contribution in [1.82, 2.24) is 0 Å². The Hall–Kier alpha value is -2.90. The second-order valence-corrected chi connectivity index (χ2v) is 8.21. The molecule has 0 nitrogen and oxygen atoms in total. The number of benzene rings is 4. The Bertz CT molecular complexity index is 1290. The van der Waals surface area contributed by atoms with E-state index in [9.17, 15) is 0 Å². The zero-order valence-corrected chi connectivity index (χ0v) is 16.3. The van der Waals surface area contributed by atoms with E-state index in [4.69, 9.17) is 0 Å². The first kappa shape index (κ1) is 16.3. The van der Waals surface area contributed by atoms with Gasteiger partial charge >= 0.3 is 0 Å². The first-order valence-corrected chi connectivity index (χ1v) is 10.1. The maximum atomic E-state index is 2.27. The summed E-state index contributed by atoms with van der Waals surface area (Å²) in [6, 6.07) is 30.9. The number of hydrogen-bond acceptors (Lipinski definition) is 1. The number of fused-ring (bicyclic) bond motifs is 3. The maximum Gasteiger partial charge on any atom is 0.0361 e. The minimum Gasteiger partial charge on any atom is -0.135 e. The summed E-state index contributed by atoms with van der Waals surface area (Å²) in [6.45, 7) is 4.40. The summed E-state index contributed by atoms with van der Waals surface area (Å²) in [5.74, 6) is 0. The van der Waals surface area contributed by atoms with Gasteiger partial charge in [-0.25, -0.2) is 0 Å². The molecule has 4 aromatic carbocycles. The van der Waals surface area contributed by atoms with E-state index in [0.29, 0.717) is 0 Å². The largest absolute Gasteiger partial charge is 0.135 e. The number of aryl methyl sites for hydroxylation is 1. The molecule has 130 valence electrons. The van der Waals surface area contributed by atoms with Gasteiger partial charge in [-0.15, -0.1) is 11.3 Å². The molecule has 0 unspecified atom stereocenters. The molecule has 0 saturated heterocycles. The average molecular weight is 365 g/mol. The van der Waals surface area contributed by atoms with E-state index in [1.54, 1.807) is 0 Å². The Morgan fingerprint density at radius 3 is 2.19 bits per heavy atom. The highest BCUT2D eigenvalue weighted by molar-refractivity contribution is 7.25. The highest BCUT2D eigenvalue weighted by Gasteiger charge is 2.14. The van der Waals surface area contributed by atoms with Crippen LogP contribution >= 0.6 is 11.3 Å². The molecule has 0 spiro atoms. The van der Waals surface area contributed by atoms with Crippen LogP contribution in [0.2, 0.25) is 0 Å². The second-order valence-electron chi connectivity index (χ2n) is 7.12. The first-order chi connectivity index (χ1) is 13.2. The Morgan fingerprint density at radius 2 is 1.30 bits per heavy atom.